The first-order valence-electron chi connectivity index (χ1n) is 20.0. The minimum atomic E-state index is -0.724. The zero-order chi connectivity index (χ0) is 38.6. The Balaban J connectivity index is 0.723. The van der Waals surface area contributed by atoms with E-state index in [1.807, 2.05) is 60.7 Å². The third kappa shape index (κ3) is 6.84. The summed E-state index contributed by atoms with van der Waals surface area (Å²) in [6.07, 6.45) is 7.03. The van der Waals surface area contributed by atoms with Gasteiger partial charge in [0, 0.05) is 63.3 Å². The average Bonchev–Trinajstić information content (AvgIpc) is 4.00. The SMILES string of the molecule is Nc1ncnc2c1c(-c1ccc(Oc3ccccc3)cc1)nn2C1CC2CN(C3CN(C4CCN(c5ccc(C(=O)NC6CCC(=O)NC6=O)nc5)C4)C3)CC2C1. The fourth-order valence-corrected chi connectivity index (χ4v) is 9.62. The number of pyridine rings is 1. The molecule has 10 rings (SSSR count). The minimum absolute atomic E-state index is 0.208. The molecule has 292 valence electrons. The molecular weight excluding hydrogens is 723 g/mol. The molecule has 0 spiro atoms. The highest BCUT2D eigenvalue weighted by Gasteiger charge is 2.47. The molecule has 0 radical (unpaired) electrons. The van der Waals surface area contributed by atoms with Crippen LogP contribution >= 0.6 is 0 Å². The molecule has 0 bridgehead atoms. The van der Waals surface area contributed by atoms with E-state index in [2.05, 4.69) is 40.0 Å². The Labute approximate surface area is 329 Å². The zero-order valence-corrected chi connectivity index (χ0v) is 31.5. The number of imide groups is 1. The Morgan fingerprint density at radius 3 is 2.30 bits per heavy atom. The second kappa shape index (κ2) is 14.5. The van der Waals surface area contributed by atoms with Gasteiger partial charge in [-0.1, -0.05) is 18.2 Å². The number of anilines is 2. The molecule has 57 heavy (non-hydrogen) atoms. The predicted molar refractivity (Wildman–Crippen MR) is 212 cm³/mol. The molecule has 1 saturated carbocycles. The average molecular weight is 768 g/mol. The van der Waals surface area contributed by atoms with Crippen LogP contribution in [0.3, 0.4) is 0 Å². The summed E-state index contributed by atoms with van der Waals surface area (Å²) in [6, 6.07) is 22.0. The fraction of sp³-hybridized carbons (Fsp3) is 0.405. The third-order valence-electron chi connectivity index (χ3n) is 12.7. The van der Waals surface area contributed by atoms with E-state index >= 15 is 0 Å². The lowest BCUT2D eigenvalue weighted by atomic mass is 10.0. The van der Waals surface area contributed by atoms with Crippen LogP contribution in [0.4, 0.5) is 11.5 Å². The molecular formula is C42H45N11O4. The van der Waals surface area contributed by atoms with Crippen LogP contribution in [0.15, 0.2) is 79.3 Å². The number of amides is 3. The van der Waals surface area contributed by atoms with Crippen LogP contribution < -0.4 is 26.0 Å². The summed E-state index contributed by atoms with van der Waals surface area (Å²) >= 11 is 0. The number of piperidine rings is 1. The summed E-state index contributed by atoms with van der Waals surface area (Å²) in [7, 11) is 0. The van der Waals surface area contributed by atoms with Gasteiger partial charge in [0.05, 0.1) is 23.3 Å². The van der Waals surface area contributed by atoms with Gasteiger partial charge in [-0.25, -0.2) is 19.6 Å². The molecule has 4 atom stereocenters. The summed E-state index contributed by atoms with van der Waals surface area (Å²) < 4.78 is 8.14. The molecule has 2 aromatic carbocycles. The second-order valence-electron chi connectivity index (χ2n) is 16.2. The lowest BCUT2D eigenvalue weighted by Gasteiger charge is -2.47. The molecule has 5 aliphatic rings. The van der Waals surface area contributed by atoms with E-state index in [9.17, 15) is 14.4 Å². The molecule has 15 heteroatoms. The van der Waals surface area contributed by atoms with E-state index in [1.54, 1.807) is 18.6 Å². The van der Waals surface area contributed by atoms with Gasteiger partial charge in [-0.2, -0.15) is 5.10 Å². The smallest absolute Gasteiger partial charge is 0.270 e. The molecule has 3 amide bonds. The van der Waals surface area contributed by atoms with E-state index in [-0.39, 0.29) is 24.1 Å². The van der Waals surface area contributed by atoms with Crippen LogP contribution in [0.2, 0.25) is 0 Å². The lowest BCUT2D eigenvalue weighted by molar-refractivity contribution is -0.134. The van der Waals surface area contributed by atoms with Crippen molar-refractivity contribution in [2.45, 2.75) is 56.3 Å². The van der Waals surface area contributed by atoms with E-state index in [0.717, 1.165) is 98.0 Å². The molecule has 1 aliphatic carbocycles. The molecule has 4 saturated heterocycles. The van der Waals surface area contributed by atoms with Gasteiger partial charge < -0.3 is 20.7 Å². The number of ether oxygens (including phenoxy) is 1. The number of nitrogens with zero attached hydrogens (tertiary/aromatic N) is 8. The summed E-state index contributed by atoms with van der Waals surface area (Å²) in [5, 5.41) is 10.9. The van der Waals surface area contributed by atoms with Crippen LogP contribution in [0.5, 0.6) is 11.5 Å². The number of benzene rings is 2. The standard InChI is InChI=1S/C42H45N11O4/c43-39-37-38(25-6-9-33(10-7-25)57-32-4-2-1-3-5-32)49-53(40(37)46-24-45-39)30-16-26-19-51(20-27(26)17-30)31-22-52(23-31)29-14-15-50(21-29)28-8-11-34(44-18-28)41(55)47-35-12-13-36(54)48-42(35)56/h1-11,18,24,26-27,29-31,35H,12-17,19-23H2,(H,47,55)(H2,43,45,46)(H,48,54,56). The Morgan fingerprint density at radius 1 is 0.807 bits per heavy atom. The number of carbonyl (C=O) groups excluding carboxylic acids is 3. The van der Waals surface area contributed by atoms with Gasteiger partial charge in [0.1, 0.15) is 41.1 Å². The third-order valence-corrected chi connectivity index (χ3v) is 12.7. The molecule has 4 unspecified atom stereocenters. The van der Waals surface area contributed by atoms with Crippen LogP contribution in [-0.2, 0) is 9.59 Å². The Kier molecular flexibility index (Phi) is 9.05. The zero-order valence-electron chi connectivity index (χ0n) is 31.5. The van der Waals surface area contributed by atoms with Gasteiger partial charge in [-0.15, -0.1) is 0 Å². The highest BCUT2D eigenvalue weighted by atomic mass is 16.5. The number of nitrogens with two attached hydrogens (primary N) is 1. The Morgan fingerprint density at radius 2 is 1.56 bits per heavy atom. The second-order valence-corrected chi connectivity index (χ2v) is 16.2. The molecule has 3 aromatic heterocycles. The van der Waals surface area contributed by atoms with Crippen molar-refractivity contribution in [3.8, 4) is 22.8 Å². The number of likely N-dealkylation sites (tertiary alicyclic amines) is 2. The number of fused-ring (bicyclic) bond motifs is 2. The first-order chi connectivity index (χ1) is 27.8. The Hall–Kier alpha value is -5.93. The number of hydrogen-bond acceptors (Lipinski definition) is 12. The molecule has 5 aromatic rings. The minimum Gasteiger partial charge on any atom is -0.457 e. The molecule has 4 N–H and O–H groups in total. The van der Waals surface area contributed by atoms with Gasteiger partial charge in [-0.05, 0) is 86.1 Å². The van der Waals surface area contributed by atoms with Crippen LogP contribution in [0.1, 0.15) is 48.6 Å². The van der Waals surface area contributed by atoms with Crippen molar-refractivity contribution in [1.29, 1.82) is 0 Å². The maximum Gasteiger partial charge on any atom is 0.270 e. The number of nitrogen functional groups attached to an aromatic ring is 1. The van der Waals surface area contributed by atoms with Crippen molar-refractivity contribution in [1.82, 2.24) is 45.2 Å². The normalized spacial score (nSPS) is 25.4. The van der Waals surface area contributed by atoms with Crippen molar-refractivity contribution < 1.29 is 19.1 Å². The van der Waals surface area contributed by atoms with Crippen molar-refractivity contribution in [2.75, 3.05) is 49.9 Å². The van der Waals surface area contributed by atoms with Crippen molar-refractivity contribution in [3.05, 3.63) is 84.9 Å². The van der Waals surface area contributed by atoms with Gasteiger partial charge in [-0.3, -0.25) is 29.5 Å². The van der Waals surface area contributed by atoms with Gasteiger partial charge >= 0.3 is 0 Å². The largest absolute Gasteiger partial charge is 0.457 e. The van der Waals surface area contributed by atoms with Gasteiger partial charge in [0.25, 0.3) is 5.91 Å². The molecule has 15 nitrogen and oxygen atoms in total. The summed E-state index contributed by atoms with van der Waals surface area (Å²) in [5.74, 6) is 2.04. The fourth-order valence-electron chi connectivity index (χ4n) is 9.62. The lowest BCUT2D eigenvalue weighted by Crippen LogP contribution is -2.62. The van der Waals surface area contributed by atoms with Crippen LogP contribution in [0.25, 0.3) is 22.3 Å². The summed E-state index contributed by atoms with van der Waals surface area (Å²) in [6.45, 7) is 6.31. The first-order valence-corrected chi connectivity index (χ1v) is 20.0. The first kappa shape index (κ1) is 35.5. The highest BCUT2D eigenvalue weighted by Crippen LogP contribution is 2.46. The number of aromatic nitrogens is 5. The van der Waals surface area contributed by atoms with E-state index in [4.69, 9.17) is 20.6 Å². The Bertz CT molecular complexity index is 2300. The number of hydrogen-bond donors (Lipinski definition) is 3. The van der Waals surface area contributed by atoms with Crippen LogP contribution in [-0.4, -0.2) is 110 Å². The number of rotatable bonds is 9. The maximum absolute atomic E-state index is 12.7. The van der Waals surface area contributed by atoms with E-state index in [0.29, 0.717) is 36.2 Å². The maximum atomic E-state index is 12.7. The van der Waals surface area contributed by atoms with E-state index in [1.165, 1.54) is 0 Å². The topological polar surface area (TPSA) is 177 Å². The van der Waals surface area contributed by atoms with Crippen molar-refractivity contribution in [3.63, 3.8) is 0 Å². The van der Waals surface area contributed by atoms with Gasteiger partial charge in [0.15, 0.2) is 5.65 Å². The van der Waals surface area contributed by atoms with Crippen molar-refractivity contribution >= 4 is 40.3 Å². The molecule has 7 heterocycles. The molecule has 4 aliphatic heterocycles. The molecule has 5 fully saturated rings. The quantitative estimate of drug-likeness (QED) is 0.186. The predicted octanol–water partition coefficient (Wildman–Crippen LogP) is 3.64. The van der Waals surface area contributed by atoms with E-state index < -0.39 is 17.9 Å². The highest BCUT2D eigenvalue weighted by molar-refractivity contribution is 6.03. The number of para-hydroxylation sites is 1. The number of carbonyl (C=O) groups is 3. The van der Waals surface area contributed by atoms with Crippen molar-refractivity contribution in [2.24, 2.45) is 11.8 Å². The summed E-state index contributed by atoms with van der Waals surface area (Å²) in [4.78, 5) is 57.3. The van der Waals surface area contributed by atoms with Crippen LogP contribution in [0, 0.1) is 11.8 Å². The number of nitrogens with one attached hydrogen (secondary N) is 2. The summed E-state index contributed by atoms with van der Waals surface area (Å²) in [5.41, 5.74) is 10.3. The monoisotopic (exact) mass is 767 g/mol. The van der Waals surface area contributed by atoms with Gasteiger partial charge in [0.2, 0.25) is 11.8 Å².